The van der Waals surface area contributed by atoms with Crippen LogP contribution in [0.5, 0.6) is 5.75 Å². The van der Waals surface area contributed by atoms with E-state index in [0.29, 0.717) is 17.8 Å². The quantitative estimate of drug-likeness (QED) is 0.665. The van der Waals surface area contributed by atoms with Crippen LogP contribution in [0, 0.1) is 5.41 Å². The number of rotatable bonds is 3. The molecule has 0 atom stereocenters. The third-order valence-corrected chi connectivity index (χ3v) is 5.32. The van der Waals surface area contributed by atoms with Crippen molar-refractivity contribution in [3.8, 4) is 5.75 Å². The van der Waals surface area contributed by atoms with Crippen LogP contribution >= 0.6 is 17.0 Å². The van der Waals surface area contributed by atoms with E-state index in [2.05, 4.69) is 4.98 Å². The second kappa shape index (κ2) is 7.59. The highest BCUT2D eigenvalue weighted by atomic mass is 79.9. The minimum atomic E-state index is -0.291. The molecule has 1 aromatic heterocycles. The molecule has 3 rings (SSSR count). The van der Waals surface area contributed by atoms with Gasteiger partial charge in [0, 0.05) is 23.7 Å². The Morgan fingerprint density at radius 1 is 1.14 bits per heavy atom. The minimum absolute atomic E-state index is 0. The summed E-state index contributed by atoms with van der Waals surface area (Å²) in [5, 5.41) is 19.2. The number of phenols is 1. The fourth-order valence-corrected chi connectivity index (χ4v) is 3.59. The first-order valence-corrected chi connectivity index (χ1v) is 9.56. The lowest BCUT2D eigenvalue weighted by molar-refractivity contribution is 0.0961. The largest absolute Gasteiger partial charge is 0.507 e. The molecule has 2 heterocycles. The number of phenolic OH excluding ortho intramolecular Hbond substituents is 1. The molecule has 158 valence electrons. The molecule has 1 aromatic carbocycles. The zero-order chi connectivity index (χ0) is 21.0. The second-order valence-electron chi connectivity index (χ2n) is 9.70. The first-order chi connectivity index (χ1) is 12.8. The number of carbonyl (C=O) groups is 1. The van der Waals surface area contributed by atoms with Gasteiger partial charge in [-0.3, -0.25) is 10.2 Å². The van der Waals surface area contributed by atoms with Gasteiger partial charge in [0.05, 0.1) is 25.1 Å². The van der Waals surface area contributed by atoms with Crippen LogP contribution < -0.4 is 0 Å². The summed E-state index contributed by atoms with van der Waals surface area (Å²) in [6.07, 6.45) is 1.70. The van der Waals surface area contributed by atoms with Gasteiger partial charge in [-0.25, -0.2) is 4.98 Å². The fraction of sp³-hybridized carbons (Fsp3) is 0.500. The van der Waals surface area contributed by atoms with E-state index in [0.717, 1.165) is 16.8 Å². The van der Waals surface area contributed by atoms with E-state index in [-0.39, 0.29) is 51.7 Å². The Hall–Kier alpha value is -2.15. The predicted octanol–water partition coefficient (Wildman–Crippen LogP) is 4.32. The standard InChI is InChI=1S/C22H30N4O2.BrH/c1-21(2,3)14-8-13(9-15(19(14)28)22(4,5)6)17(27)11-26-10-16-18(20(26)23)24-12-25(16)7;/h8-9,12,23,28H,10-11H2,1-7H3;1H. The Bertz CT molecular complexity index is 929. The summed E-state index contributed by atoms with van der Waals surface area (Å²) in [6, 6.07) is 3.61. The summed E-state index contributed by atoms with van der Waals surface area (Å²) in [6.45, 7) is 12.8. The van der Waals surface area contributed by atoms with Crippen molar-refractivity contribution < 1.29 is 9.90 Å². The molecule has 0 spiro atoms. The second-order valence-corrected chi connectivity index (χ2v) is 9.70. The first kappa shape index (κ1) is 23.1. The van der Waals surface area contributed by atoms with Crippen molar-refractivity contribution in [2.45, 2.75) is 58.9 Å². The predicted molar refractivity (Wildman–Crippen MR) is 121 cm³/mol. The Morgan fingerprint density at radius 3 is 2.10 bits per heavy atom. The van der Waals surface area contributed by atoms with Crippen LogP contribution in [0.25, 0.3) is 0 Å². The lowest BCUT2D eigenvalue weighted by Crippen LogP contribution is -2.31. The van der Waals surface area contributed by atoms with E-state index < -0.39 is 0 Å². The van der Waals surface area contributed by atoms with E-state index >= 15 is 0 Å². The molecule has 1 aliphatic rings. The number of aryl methyl sites for hydroxylation is 1. The number of hydrogen-bond donors (Lipinski definition) is 2. The van der Waals surface area contributed by atoms with E-state index in [1.807, 2.05) is 53.2 Å². The van der Waals surface area contributed by atoms with E-state index in [9.17, 15) is 9.90 Å². The molecule has 1 aliphatic heterocycles. The van der Waals surface area contributed by atoms with Crippen LogP contribution in [0.1, 0.15) is 74.4 Å². The highest BCUT2D eigenvalue weighted by Gasteiger charge is 2.31. The maximum absolute atomic E-state index is 13.1. The van der Waals surface area contributed by atoms with Crippen molar-refractivity contribution in [1.29, 1.82) is 5.41 Å². The fourth-order valence-electron chi connectivity index (χ4n) is 3.59. The van der Waals surface area contributed by atoms with Crippen LogP contribution in [0.4, 0.5) is 0 Å². The molecular weight excluding hydrogens is 432 g/mol. The number of carbonyl (C=O) groups excluding carboxylic acids is 1. The molecule has 2 N–H and O–H groups in total. The summed E-state index contributed by atoms with van der Waals surface area (Å²) in [5.41, 5.74) is 3.13. The molecule has 7 heteroatoms. The number of imidazole rings is 1. The number of Topliss-reactive ketones (excluding diaryl/α,β-unsaturated/α-hetero) is 1. The molecule has 29 heavy (non-hydrogen) atoms. The Morgan fingerprint density at radius 2 is 1.66 bits per heavy atom. The van der Waals surface area contributed by atoms with E-state index in [1.54, 1.807) is 23.4 Å². The Labute approximate surface area is 183 Å². The number of nitrogens with zero attached hydrogens (tertiary/aromatic N) is 3. The van der Waals surface area contributed by atoms with E-state index in [1.165, 1.54) is 0 Å². The van der Waals surface area contributed by atoms with Crippen LogP contribution in [0.15, 0.2) is 18.5 Å². The van der Waals surface area contributed by atoms with Gasteiger partial charge >= 0.3 is 0 Å². The topological polar surface area (TPSA) is 82.2 Å². The van der Waals surface area contributed by atoms with Gasteiger partial charge in [0.15, 0.2) is 5.78 Å². The van der Waals surface area contributed by atoms with Crippen molar-refractivity contribution >= 4 is 28.6 Å². The number of halogens is 1. The van der Waals surface area contributed by atoms with Gasteiger partial charge < -0.3 is 14.6 Å². The molecule has 0 fully saturated rings. The van der Waals surface area contributed by atoms with Gasteiger partial charge in [-0.1, -0.05) is 41.5 Å². The number of aromatic nitrogens is 2. The number of fused-ring (bicyclic) bond motifs is 1. The molecule has 0 aliphatic carbocycles. The van der Waals surface area contributed by atoms with Gasteiger partial charge in [0.25, 0.3) is 0 Å². The third kappa shape index (κ3) is 4.25. The Kier molecular flexibility index (Phi) is 6.06. The highest BCUT2D eigenvalue weighted by molar-refractivity contribution is 8.93. The molecule has 6 nitrogen and oxygen atoms in total. The van der Waals surface area contributed by atoms with Crippen LogP contribution in [-0.2, 0) is 24.4 Å². The lowest BCUT2D eigenvalue weighted by Gasteiger charge is -2.28. The molecule has 2 aromatic rings. The van der Waals surface area contributed by atoms with Crippen LogP contribution in [0.2, 0.25) is 0 Å². The van der Waals surface area contributed by atoms with Crippen molar-refractivity contribution in [3.63, 3.8) is 0 Å². The summed E-state index contributed by atoms with van der Waals surface area (Å²) >= 11 is 0. The third-order valence-electron chi connectivity index (χ3n) is 5.32. The molecule has 0 saturated carbocycles. The first-order valence-electron chi connectivity index (χ1n) is 9.56. The minimum Gasteiger partial charge on any atom is -0.507 e. The summed E-state index contributed by atoms with van der Waals surface area (Å²) in [7, 11) is 1.90. The maximum Gasteiger partial charge on any atom is 0.182 e. The SMILES string of the molecule is Br.Cn1cnc2c1CN(CC(=O)c1cc(C(C)(C)C)c(O)c(C(C)(C)C)c1)C2=N. The molecule has 0 bridgehead atoms. The van der Waals surface area contributed by atoms with Crippen LogP contribution in [0.3, 0.4) is 0 Å². The van der Waals surface area contributed by atoms with Gasteiger partial charge in [0.1, 0.15) is 17.3 Å². The van der Waals surface area contributed by atoms with Crippen LogP contribution in [-0.4, -0.2) is 37.7 Å². The molecule has 0 unspecified atom stereocenters. The van der Waals surface area contributed by atoms with Crippen molar-refractivity contribution in [1.82, 2.24) is 14.5 Å². The zero-order valence-corrected chi connectivity index (χ0v) is 20.0. The Balaban J connectivity index is 0.00000300. The van der Waals surface area contributed by atoms with E-state index in [4.69, 9.17) is 5.41 Å². The average Bonchev–Trinajstić information content (AvgIpc) is 3.06. The summed E-state index contributed by atoms with van der Waals surface area (Å²) in [4.78, 5) is 19.1. The normalized spacial score (nSPS) is 14.0. The molecular formula is C22H31BrN4O2. The van der Waals surface area contributed by atoms with Gasteiger partial charge in [-0.2, -0.15) is 0 Å². The molecule has 0 saturated heterocycles. The zero-order valence-electron chi connectivity index (χ0n) is 18.3. The average molecular weight is 463 g/mol. The van der Waals surface area contributed by atoms with Gasteiger partial charge in [-0.05, 0) is 23.0 Å². The maximum atomic E-state index is 13.1. The van der Waals surface area contributed by atoms with Crippen molar-refractivity contribution in [2.24, 2.45) is 7.05 Å². The summed E-state index contributed by atoms with van der Waals surface area (Å²) < 4.78 is 1.89. The number of ketones is 1. The van der Waals surface area contributed by atoms with Crippen molar-refractivity contribution in [2.75, 3.05) is 6.54 Å². The number of nitrogens with one attached hydrogen (secondary N) is 1. The number of hydrogen-bond acceptors (Lipinski definition) is 4. The van der Waals surface area contributed by atoms with Gasteiger partial charge in [0.2, 0.25) is 0 Å². The van der Waals surface area contributed by atoms with Gasteiger partial charge in [-0.15, -0.1) is 17.0 Å². The van der Waals surface area contributed by atoms with Crippen molar-refractivity contribution in [3.05, 3.63) is 46.5 Å². The molecule has 0 amide bonds. The monoisotopic (exact) mass is 462 g/mol. The number of benzene rings is 1. The molecule has 0 radical (unpaired) electrons. The smallest absolute Gasteiger partial charge is 0.182 e. The number of aromatic hydroxyl groups is 1. The highest BCUT2D eigenvalue weighted by Crippen LogP contribution is 2.40. The lowest BCUT2D eigenvalue weighted by atomic mass is 9.78. The number of amidine groups is 1. The summed E-state index contributed by atoms with van der Waals surface area (Å²) in [5.74, 6) is 0.491.